The van der Waals surface area contributed by atoms with Gasteiger partial charge >= 0.3 is 5.97 Å². The third kappa shape index (κ3) is 4.74. The van der Waals surface area contributed by atoms with Gasteiger partial charge < -0.3 is 10.1 Å². The smallest absolute Gasteiger partial charge is 0.340 e. The number of halogens is 3. The highest BCUT2D eigenvalue weighted by Crippen LogP contribution is 2.19. The Morgan fingerprint density at radius 3 is 2.70 bits per heavy atom. The Bertz CT molecular complexity index is 740. The van der Waals surface area contributed by atoms with E-state index >= 15 is 0 Å². The molecule has 0 radical (unpaired) electrons. The molecule has 1 amide bonds. The normalized spacial score (nSPS) is 11.7. The lowest BCUT2D eigenvalue weighted by atomic mass is 10.2. The van der Waals surface area contributed by atoms with Crippen molar-refractivity contribution >= 4 is 45.1 Å². The van der Waals surface area contributed by atoms with Crippen LogP contribution in [0.3, 0.4) is 0 Å². The maximum Gasteiger partial charge on any atom is 0.340 e. The molecule has 1 atom stereocenters. The summed E-state index contributed by atoms with van der Waals surface area (Å²) in [6, 6.07) is 7.05. The first-order valence-electron chi connectivity index (χ1n) is 6.45. The van der Waals surface area contributed by atoms with Crippen LogP contribution in [-0.2, 0) is 9.53 Å². The van der Waals surface area contributed by atoms with Crippen LogP contribution in [0.15, 0.2) is 41.0 Å². The van der Waals surface area contributed by atoms with E-state index in [4.69, 9.17) is 16.3 Å². The lowest BCUT2D eigenvalue weighted by molar-refractivity contribution is -0.123. The van der Waals surface area contributed by atoms with Gasteiger partial charge in [-0.05, 0) is 37.3 Å². The number of rotatable bonds is 4. The monoisotopic (exact) mass is 400 g/mol. The first-order valence-corrected chi connectivity index (χ1v) is 7.62. The summed E-state index contributed by atoms with van der Waals surface area (Å²) < 4.78 is 19.2. The first-order chi connectivity index (χ1) is 10.9. The van der Waals surface area contributed by atoms with Crippen LogP contribution in [0.4, 0.5) is 10.1 Å². The Morgan fingerprint density at radius 2 is 2.09 bits per heavy atom. The molecule has 0 bridgehead atoms. The highest BCUT2D eigenvalue weighted by atomic mass is 79.9. The SMILES string of the molecule is CC(OC(=O)c1ccc(Cl)nc1)C(=O)Nc1ccc(Br)cc1F. The van der Waals surface area contributed by atoms with Gasteiger partial charge in [-0.3, -0.25) is 4.79 Å². The molecule has 2 rings (SSSR count). The van der Waals surface area contributed by atoms with Gasteiger partial charge in [0.15, 0.2) is 6.10 Å². The Labute approximate surface area is 144 Å². The number of nitrogens with one attached hydrogen (secondary N) is 1. The number of nitrogens with zero attached hydrogens (tertiary/aromatic N) is 1. The van der Waals surface area contributed by atoms with Gasteiger partial charge in [-0.25, -0.2) is 14.2 Å². The van der Waals surface area contributed by atoms with Gasteiger partial charge in [-0.15, -0.1) is 0 Å². The Kier molecular flexibility index (Phi) is 5.68. The summed E-state index contributed by atoms with van der Waals surface area (Å²) in [7, 11) is 0. The molecule has 1 aromatic heterocycles. The van der Waals surface area contributed by atoms with Crippen LogP contribution in [0.2, 0.25) is 5.15 Å². The van der Waals surface area contributed by atoms with E-state index in [2.05, 4.69) is 26.2 Å². The van der Waals surface area contributed by atoms with Crippen molar-refractivity contribution < 1.29 is 18.7 Å². The van der Waals surface area contributed by atoms with Gasteiger partial charge in [0.1, 0.15) is 11.0 Å². The number of anilines is 1. The summed E-state index contributed by atoms with van der Waals surface area (Å²) in [6.45, 7) is 1.38. The highest BCUT2D eigenvalue weighted by Gasteiger charge is 2.20. The maximum absolute atomic E-state index is 13.7. The topological polar surface area (TPSA) is 68.3 Å². The quantitative estimate of drug-likeness (QED) is 0.625. The van der Waals surface area contributed by atoms with Crippen LogP contribution in [0.1, 0.15) is 17.3 Å². The second-order valence-electron chi connectivity index (χ2n) is 4.53. The molecule has 1 aromatic carbocycles. The second kappa shape index (κ2) is 7.52. The number of pyridine rings is 1. The standard InChI is InChI=1S/C15H11BrClFN2O3/c1-8(23-15(22)9-2-5-13(17)19-7-9)14(21)20-12-4-3-10(16)6-11(12)18/h2-8H,1H3,(H,20,21). The van der Waals surface area contributed by atoms with E-state index in [0.29, 0.717) is 4.47 Å². The summed E-state index contributed by atoms with van der Waals surface area (Å²) in [5.41, 5.74) is 0.151. The van der Waals surface area contributed by atoms with Gasteiger partial charge in [0.05, 0.1) is 11.3 Å². The fraction of sp³-hybridized carbons (Fsp3) is 0.133. The molecule has 0 aliphatic rings. The summed E-state index contributed by atoms with van der Waals surface area (Å²) >= 11 is 8.74. The number of amides is 1. The molecule has 0 aliphatic heterocycles. The Balaban J connectivity index is 1.99. The minimum atomic E-state index is -1.11. The average Bonchev–Trinajstić information content (AvgIpc) is 2.50. The molecule has 1 N–H and O–H groups in total. The number of ether oxygens (including phenoxy) is 1. The first kappa shape index (κ1) is 17.4. The molecule has 1 unspecified atom stereocenters. The second-order valence-corrected chi connectivity index (χ2v) is 5.83. The van der Waals surface area contributed by atoms with Crippen LogP contribution >= 0.6 is 27.5 Å². The predicted molar refractivity (Wildman–Crippen MR) is 86.9 cm³/mol. The lowest BCUT2D eigenvalue weighted by Crippen LogP contribution is -2.30. The summed E-state index contributed by atoms with van der Waals surface area (Å²) in [6.07, 6.45) is 0.130. The van der Waals surface area contributed by atoms with Gasteiger partial charge in [-0.1, -0.05) is 27.5 Å². The molecule has 8 heteroatoms. The summed E-state index contributed by atoms with van der Waals surface area (Å²) in [5, 5.41) is 2.59. The van der Waals surface area contributed by atoms with Crippen molar-refractivity contribution in [1.82, 2.24) is 4.98 Å². The van der Waals surface area contributed by atoms with Crippen LogP contribution in [-0.4, -0.2) is 23.0 Å². The van der Waals surface area contributed by atoms with Crippen molar-refractivity contribution in [3.8, 4) is 0 Å². The van der Waals surface area contributed by atoms with Gasteiger partial charge in [0.25, 0.3) is 5.91 Å². The van der Waals surface area contributed by atoms with Gasteiger partial charge in [-0.2, -0.15) is 0 Å². The molecule has 1 heterocycles. The van der Waals surface area contributed by atoms with E-state index in [1.165, 1.54) is 37.4 Å². The van der Waals surface area contributed by atoms with E-state index in [9.17, 15) is 14.0 Å². The van der Waals surface area contributed by atoms with Gasteiger partial charge in [0.2, 0.25) is 0 Å². The molecular weight excluding hydrogens is 391 g/mol. The zero-order valence-corrected chi connectivity index (χ0v) is 14.2. The van der Waals surface area contributed by atoms with Crippen LogP contribution in [0, 0.1) is 5.82 Å². The van der Waals surface area contributed by atoms with E-state index in [1.807, 2.05) is 0 Å². The van der Waals surface area contributed by atoms with E-state index in [0.717, 1.165) is 0 Å². The maximum atomic E-state index is 13.7. The third-order valence-corrected chi connectivity index (χ3v) is 3.52. The Morgan fingerprint density at radius 1 is 1.35 bits per heavy atom. The molecule has 0 fully saturated rings. The number of carbonyl (C=O) groups excluding carboxylic acids is 2. The molecule has 0 saturated carbocycles. The van der Waals surface area contributed by atoms with Crippen LogP contribution in [0.25, 0.3) is 0 Å². The van der Waals surface area contributed by atoms with Crippen molar-refractivity contribution in [3.05, 3.63) is 57.5 Å². The molecule has 0 saturated heterocycles. The predicted octanol–water partition coefficient (Wildman–Crippen LogP) is 3.82. The zero-order valence-electron chi connectivity index (χ0n) is 11.8. The minimum Gasteiger partial charge on any atom is -0.449 e. The van der Waals surface area contributed by atoms with Crippen molar-refractivity contribution in [2.75, 3.05) is 5.32 Å². The Hall–Kier alpha value is -1.99. The fourth-order valence-electron chi connectivity index (χ4n) is 1.60. The molecule has 120 valence electrons. The van der Waals surface area contributed by atoms with Crippen LogP contribution < -0.4 is 5.32 Å². The van der Waals surface area contributed by atoms with Crippen LogP contribution in [0.5, 0.6) is 0 Å². The number of benzene rings is 1. The van der Waals surface area contributed by atoms with Crippen molar-refractivity contribution in [3.63, 3.8) is 0 Å². The molecule has 2 aromatic rings. The van der Waals surface area contributed by atoms with Crippen molar-refractivity contribution in [2.45, 2.75) is 13.0 Å². The number of hydrogen-bond donors (Lipinski definition) is 1. The number of esters is 1. The highest BCUT2D eigenvalue weighted by molar-refractivity contribution is 9.10. The third-order valence-electron chi connectivity index (χ3n) is 2.81. The van der Waals surface area contributed by atoms with Crippen molar-refractivity contribution in [1.29, 1.82) is 0 Å². The summed E-state index contributed by atoms with van der Waals surface area (Å²) in [5.74, 6) is -1.98. The molecular formula is C15H11BrClFN2O3. The summed E-state index contributed by atoms with van der Waals surface area (Å²) in [4.78, 5) is 27.6. The molecule has 23 heavy (non-hydrogen) atoms. The largest absolute Gasteiger partial charge is 0.449 e. The molecule has 0 aliphatic carbocycles. The van der Waals surface area contributed by atoms with Crippen molar-refractivity contribution in [2.24, 2.45) is 0 Å². The van der Waals surface area contributed by atoms with E-state index in [1.54, 1.807) is 6.07 Å². The number of hydrogen-bond acceptors (Lipinski definition) is 4. The number of aromatic nitrogens is 1. The fourth-order valence-corrected chi connectivity index (χ4v) is 2.05. The molecule has 5 nitrogen and oxygen atoms in total. The average molecular weight is 402 g/mol. The van der Waals surface area contributed by atoms with E-state index < -0.39 is 23.8 Å². The van der Waals surface area contributed by atoms with E-state index in [-0.39, 0.29) is 16.4 Å². The minimum absolute atomic E-state index is 0.00532. The lowest BCUT2D eigenvalue weighted by Gasteiger charge is -2.14. The van der Waals surface area contributed by atoms with Gasteiger partial charge in [0, 0.05) is 10.7 Å². The number of carbonyl (C=O) groups is 2. The zero-order chi connectivity index (χ0) is 17.0. The molecule has 0 spiro atoms.